The van der Waals surface area contributed by atoms with Crippen molar-refractivity contribution in [3.63, 3.8) is 0 Å². The number of nitro groups is 1. The zero-order valence-corrected chi connectivity index (χ0v) is 24.6. The Labute approximate surface area is 261 Å². The van der Waals surface area contributed by atoms with Crippen LogP contribution in [0.2, 0.25) is 0 Å². The van der Waals surface area contributed by atoms with E-state index in [1.165, 1.54) is 17.0 Å². The molecule has 230 valence electrons. The van der Waals surface area contributed by atoms with Gasteiger partial charge in [0.15, 0.2) is 0 Å². The number of nitrogens with one attached hydrogen (secondary N) is 1. The largest absolute Gasteiger partial charge is 0.399 e. The van der Waals surface area contributed by atoms with Gasteiger partial charge in [0.1, 0.15) is 0 Å². The number of aromatic nitrogens is 1. The van der Waals surface area contributed by atoms with E-state index in [2.05, 4.69) is 10.3 Å². The second-order valence-corrected chi connectivity index (χ2v) is 11.5. The van der Waals surface area contributed by atoms with Crippen molar-refractivity contribution in [2.24, 2.45) is 0 Å². The van der Waals surface area contributed by atoms with Gasteiger partial charge in [-0.1, -0.05) is 18.2 Å². The lowest BCUT2D eigenvalue weighted by Crippen LogP contribution is -2.42. The van der Waals surface area contributed by atoms with Gasteiger partial charge in [0.25, 0.3) is 29.3 Å². The molecule has 0 spiro atoms. The van der Waals surface area contributed by atoms with Crippen LogP contribution in [-0.4, -0.2) is 69.5 Å². The lowest BCUT2D eigenvalue weighted by Gasteiger charge is -2.28. The van der Waals surface area contributed by atoms with E-state index in [1.54, 1.807) is 48.7 Å². The van der Waals surface area contributed by atoms with Crippen molar-refractivity contribution < 1.29 is 24.1 Å². The molecule has 0 saturated heterocycles. The molecule has 3 N–H and O–H groups in total. The summed E-state index contributed by atoms with van der Waals surface area (Å²) in [5.41, 5.74) is 8.41. The molecular weight excluding hydrogens is 588 g/mol. The summed E-state index contributed by atoms with van der Waals surface area (Å²) < 4.78 is 0. The van der Waals surface area contributed by atoms with Crippen LogP contribution in [0.25, 0.3) is 32.4 Å². The number of hydrogen-bond donors (Lipinski definition) is 2. The third-order valence-electron chi connectivity index (χ3n) is 8.62. The molecule has 5 aromatic rings. The first kappa shape index (κ1) is 29.0. The number of amides is 4. The quantitative estimate of drug-likeness (QED) is 0.0565. The van der Waals surface area contributed by atoms with E-state index in [-0.39, 0.29) is 36.2 Å². The van der Waals surface area contributed by atoms with E-state index in [1.807, 2.05) is 6.07 Å². The first-order valence-electron chi connectivity index (χ1n) is 15.0. The molecule has 46 heavy (non-hydrogen) atoms. The van der Waals surface area contributed by atoms with Crippen LogP contribution in [0.4, 0.5) is 11.4 Å². The third kappa shape index (κ3) is 4.70. The van der Waals surface area contributed by atoms with Crippen molar-refractivity contribution in [2.45, 2.75) is 19.3 Å². The molecule has 0 fully saturated rings. The van der Waals surface area contributed by atoms with Crippen LogP contribution in [0.1, 0.15) is 60.7 Å². The van der Waals surface area contributed by atoms with Crippen molar-refractivity contribution in [3.05, 3.63) is 99.2 Å². The van der Waals surface area contributed by atoms with Crippen LogP contribution in [-0.2, 0) is 0 Å². The Bertz CT molecular complexity index is 2160. The molecule has 0 saturated carbocycles. The predicted octanol–water partition coefficient (Wildman–Crippen LogP) is 4.68. The fourth-order valence-corrected chi connectivity index (χ4v) is 6.51. The van der Waals surface area contributed by atoms with Gasteiger partial charge < -0.3 is 11.1 Å². The second-order valence-electron chi connectivity index (χ2n) is 11.5. The molecule has 1 aromatic heterocycles. The number of unbranched alkanes of at least 4 members (excludes halogenated alkanes) is 1. The summed E-state index contributed by atoms with van der Waals surface area (Å²) in [5.74, 6) is -1.69. The summed E-state index contributed by atoms with van der Waals surface area (Å²) in [6, 6.07) is 16.4. The number of imide groups is 2. The summed E-state index contributed by atoms with van der Waals surface area (Å²) in [6.45, 7) is 1.53. The molecule has 4 amide bonds. The fraction of sp³-hybridized carbons (Fsp3) is 0.206. The minimum Gasteiger partial charge on any atom is -0.399 e. The summed E-state index contributed by atoms with van der Waals surface area (Å²) in [4.78, 5) is 71.0. The van der Waals surface area contributed by atoms with Crippen molar-refractivity contribution >= 4 is 67.5 Å². The van der Waals surface area contributed by atoms with E-state index in [4.69, 9.17) is 5.73 Å². The maximum Gasteiger partial charge on any atom is 0.270 e. The highest BCUT2D eigenvalue weighted by molar-refractivity contribution is 6.29. The maximum atomic E-state index is 13.5. The highest BCUT2D eigenvalue weighted by Gasteiger charge is 2.35. The third-order valence-corrected chi connectivity index (χ3v) is 8.62. The number of nitro benzene ring substituents is 1. The average molecular weight is 617 g/mol. The summed E-state index contributed by atoms with van der Waals surface area (Å²) in [5, 5.41) is 17.7. The van der Waals surface area contributed by atoms with Crippen molar-refractivity contribution in [3.8, 4) is 0 Å². The Hall–Kier alpha value is -5.75. The van der Waals surface area contributed by atoms with E-state index < -0.39 is 16.7 Å². The van der Waals surface area contributed by atoms with Crippen LogP contribution in [0.3, 0.4) is 0 Å². The Kier molecular flexibility index (Phi) is 7.13. The van der Waals surface area contributed by atoms with Gasteiger partial charge in [0.05, 0.1) is 21.6 Å². The normalized spacial score (nSPS) is 14.3. The predicted molar refractivity (Wildman–Crippen MR) is 172 cm³/mol. The monoisotopic (exact) mass is 616 g/mol. The number of carbonyl (C=O) groups is 4. The molecule has 12 heteroatoms. The zero-order chi connectivity index (χ0) is 32.1. The number of nitrogens with two attached hydrogens (primary N) is 1. The molecule has 12 nitrogen and oxygen atoms in total. The summed E-state index contributed by atoms with van der Waals surface area (Å²) in [7, 11) is 0. The highest BCUT2D eigenvalue weighted by Crippen LogP contribution is 2.37. The number of rotatable bonds is 10. The maximum absolute atomic E-state index is 13.5. The Balaban J connectivity index is 0.941. The molecule has 0 atom stereocenters. The number of non-ortho nitro benzene ring substituents is 1. The van der Waals surface area contributed by atoms with E-state index in [9.17, 15) is 29.3 Å². The number of benzene rings is 4. The standard InChI is InChI=1S/C34H28N6O6/c35-21-16-24-29-25(15-20-7-4-11-37-30(20)24)32(42)39(33(43)26(29)17-21)13-5-10-36-9-1-2-12-38-31(41)23-8-3-6-19-14-22(40(45)46)18-27(28(19)23)34(38)44/h3-4,6-8,11,14-18,36H,1-2,5,9-10,12-13,35H2. The zero-order valence-electron chi connectivity index (χ0n) is 24.6. The minimum atomic E-state index is -0.548. The van der Waals surface area contributed by atoms with Crippen molar-refractivity contribution in [1.29, 1.82) is 0 Å². The van der Waals surface area contributed by atoms with E-state index in [0.717, 1.165) is 10.3 Å². The smallest absolute Gasteiger partial charge is 0.270 e. The van der Waals surface area contributed by atoms with Gasteiger partial charge in [-0.3, -0.25) is 44.1 Å². The molecule has 2 aliphatic rings. The lowest BCUT2D eigenvalue weighted by molar-refractivity contribution is -0.384. The van der Waals surface area contributed by atoms with Gasteiger partial charge in [0, 0.05) is 69.8 Å². The van der Waals surface area contributed by atoms with Gasteiger partial charge in [-0.25, -0.2) is 0 Å². The van der Waals surface area contributed by atoms with Gasteiger partial charge in [-0.05, 0) is 68.1 Å². The number of nitrogen functional groups attached to an aromatic ring is 1. The SMILES string of the molecule is Nc1cc2c3c(cc4cccnc4c3c1)C(=O)N(CCCNCCCCN1C(=O)c3cccc4cc([N+](=O)[O-])cc(c34)C1=O)C2=O. The second kappa shape index (κ2) is 11.3. The Morgan fingerprint density at radius 3 is 2.13 bits per heavy atom. The van der Waals surface area contributed by atoms with Crippen molar-refractivity contribution in [1.82, 2.24) is 20.1 Å². The molecule has 0 bridgehead atoms. The Morgan fingerprint density at radius 1 is 0.717 bits per heavy atom. The van der Waals surface area contributed by atoms with Gasteiger partial charge >= 0.3 is 0 Å². The topological polar surface area (TPSA) is 169 Å². The number of hydrogen-bond acceptors (Lipinski definition) is 9. The van der Waals surface area contributed by atoms with Crippen LogP contribution in [0, 0.1) is 10.1 Å². The van der Waals surface area contributed by atoms with Crippen LogP contribution >= 0.6 is 0 Å². The number of fused-ring (bicyclic) bond motifs is 2. The lowest BCUT2D eigenvalue weighted by atomic mass is 9.91. The molecule has 3 heterocycles. The number of nitrogens with zero attached hydrogens (tertiary/aromatic N) is 4. The molecule has 0 radical (unpaired) electrons. The number of carbonyl (C=O) groups excluding carboxylic acids is 4. The van der Waals surface area contributed by atoms with Crippen LogP contribution < -0.4 is 11.1 Å². The average Bonchev–Trinajstić information content (AvgIpc) is 3.05. The minimum absolute atomic E-state index is 0.158. The van der Waals surface area contributed by atoms with E-state index >= 15 is 0 Å². The summed E-state index contributed by atoms with van der Waals surface area (Å²) >= 11 is 0. The molecule has 4 aromatic carbocycles. The Morgan fingerprint density at radius 2 is 1.37 bits per heavy atom. The summed E-state index contributed by atoms with van der Waals surface area (Å²) in [6.07, 6.45) is 3.37. The first-order valence-corrected chi connectivity index (χ1v) is 15.0. The van der Waals surface area contributed by atoms with Crippen LogP contribution in [0.5, 0.6) is 0 Å². The fourth-order valence-electron chi connectivity index (χ4n) is 6.51. The molecule has 0 aliphatic carbocycles. The van der Waals surface area contributed by atoms with E-state index in [0.29, 0.717) is 81.8 Å². The molecule has 2 aliphatic heterocycles. The molecule has 7 rings (SSSR count). The van der Waals surface area contributed by atoms with Crippen LogP contribution in [0.15, 0.2) is 66.9 Å². The number of anilines is 1. The molecular formula is C34H28N6O6. The highest BCUT2D eigenvalue weighted by atomic mass is 16.6. The van der Waals surface area contributed by atoms with Crippen molar-refractivity contribution in [2.75, 3.05) is 31.9 Å². The first-order chi connectivity index (χ1) is 22.2. The number of pyridine rings is 1. The molecule has 0 unspecified atom stereocenters. The van der Waals surface area contributed by atoms with Gasteiger partial charge in [0.2, 0.25) is 0 Å². The van der Waals surface area contributed by atoms with Gasteiger partial charge in [-0.2, -0.15) is 0 Å². The van der Waals surface area contributed by atoms with Gasteiger partial charge in [-0.15, -0.1) is 0 Å².